The summed E-state index contributed by atoms with van der Waals surface area (Å²) in [6.45, 7) is 4.22. The molecule has 0 saturated carbocycles. The summed E-state index contributed by atoms with van der Waals surface area (Å²) in [6.07, 6.45) is 4.34. The van der Waals surface area contributed by atoms with Gasteiger partial charge in [-0.15, -0.1) is 12.4 Å². The Balaban J connectivity index is 0.00000176. The number of halogens is 1. The second-order valence-electron chi connectivity index (χ2n) is 5.96. The van der Waals surface area contributed by atoms with Crippen LogP contribution in [0, 0.1) is 0 Å². The van der Waals surface area contributed by atoms with Crippen LogP contribution in [0.4, 0.5) is 0 Å². The monoisotopic (exact) mass is 324 g/mol. The molecule has 2 aliphatic rings. The average Bonchev–Trinajstić information content (AvgIpc) is 2.78. The molecule has 0 aromatic heterocycles. The topological polar surface area (TPSA) is 41.6 Å². The first-order valence-corrected chi connectivity index (χ1v) is 8.01. The summed E-state index contributed by atoms with van der Waals surface area (Å²) in [5.41, 5.74) is 1.28. The van der Waals surface area contributed by atoms with Gasteiger partial charge >= 0.3 is 0 Å². The smallest absolute Gasteiger partial charge is 0.261 e. The number of amides is 1. The van der Waals surface area contributed by atoms with Crippen LogP contribution in [0.3, 0.4) is 0 Å². The number of carbonyl (C=O) groups is 1. The van der Waals surface area contributed by atoms with E-state index in [1.54, 1.807) is 0 Å². The lowest BCUT2D eigenvalue weighted by atomic mass is 10.1. The average molecular weight is 325 g/mol. The second-order valence-corrected chi connectivity index (χ2v) is 5.96. The van der Waals surface area contributed by atoms with Gasteiger partial charge in [-0.2, -0.15) is 0 Å². The van der Waals surface area contributed by atoms with E-state index in [1.807, 2.05) is 12.1 Å². The van der Waals surface area contributed by atoms with E-state index in [0.29, 0.717) is 12.1 Å². The van der Waals surface area contributed by atoms with Gasteiger partial charge in [0.15, 0.2) is 6.61 Å². The first kappa shape index (κ1) is 17.1. The quantitative estimate of drug-likeness (QED) is 0.924. The Morgan fingerprint density at radius 2 is 1.95 bits per heavy atom. The molecule has 1 aromatic rings. The van der Waals surface area contributed by atoms with Gasteiger partial charge in [0.2, 0.25) is 0 Å². The van der Waals surface area contributed by atoms with Crippen LogP contribution in [0.25, 0.3) is 0 Å². The summed E-state index contributed by atoms with van der Waals surface area (Å²) in [6, 6.07) is 8.77. The van der Waals surface area contributed by atoms with E-state index in [9.17, 15) is 4.79 Å². The number of nitrogens with one attached hydrogen (secondary N) is 1. The van der Waals surface area contributed by atoms with Crippen LogP contribution in [0.1, 0.15) is 31.7 Å². The molecule has 2 aliphatic heterocycles. The fourth-order valence-corrected chi connectivity index (χ4v) is 3.43. The van der Waals surface area contributed by atoms with Gasteiger partial charge in [0.25, 0.3) is 5.91 Å². The minimum atomic E-state index is 0. The molecule has 1 N–H and O–H groups in total. The van der Waals surface area contributed by atoms with E-state index < -0.39 is 0 Å². The van der Waals surface area contributed by atoms with Crippen molar-refractivity contribution in [2.75, 3.05) is 19.7 Å². The number of hydrogen-bond acceptors (Lipinski definition) is 3. The maximum Gasteiger partial charge on any atom is 0.261 e. The predicted molar refractivity (Wildman–Crippen MR) is 89.7 cm³/mol. The number of rotatable bonds is 4. The van der Waals surface area contributed by atoms with Crippen LogP contribution in [0.2, 0.25) is 0 Å². The zero-order valence-corrected chi connectivity index (χ0v) is 13.9. The molecule has 3 rings (SSSR count). The molecule has 2 bridgehead atoms. The lowest BCUT2D eigenvalue weighted by Gasteiger charge is -2.27. The van der Waals surface area contributed by atoms with Gasteiger partial charge in [0.05, 0.1) is 0 Å². The van der Waals surface area contributed by atoms with E-state index in [4.69, 9.17) is 4.74 Å². The molecule has 2 atom stereocenters. The van der Waals surface area contributed by atoms with Crippen LogP contribution in [-0.2, 0) is 11.2 Å². The van der Waals surface area contributed by atoms with Gasteiger partial charge < -0.3 is 15.0 Å². The van der Waals surface area contributed by atoms with E-state index in [-0.39, 0.29) is 24.9 Å². The Hall–Kier alpha value is -1.26. The molecular formula is C17H25ClN2O2. The maximum atomic E-state index is 12.5. The number of hydrogen-bond donors (Lipinski definition) is 1. The molecule has 1 aromatic carbocycles. The summed E-state index contributed by atoms with van der Waals surface area (Å²) < 4.78 is 5.67. The molecule has 2 unspecified atom stereocenters. The summed E-state index contributed by atoms with van der Waals surface area (Å²) in [7, 11) is 0. The highest BCUT2D eigenvalue weighted by Crippen LogP contribution is 2.28. The summed E-state index contributed by atoms with van der Waals surface area (Å²) in [5.74, 6) is 0.909. The fraction of sp³-hybridized carbons (Fsp3) is 0.588. The summed E-state index contributed by atoms with van der Waals surface area (Å²) in [4.78, 5) is 14.6. The Labute approximate surface area is 138 Å². The Kier molecular flexibility index (Phi) is 6.09. The molecule has 2 heterocycles. The second kappa shape index (κ2) is 7.84. The fourth-order valence-electron chi connectivity index (χ4n) is 3.43. The van der Waals surface area contributed by atoms with Gasteiger partial charge in [-0.25, -0.2) is 0 Å². The van der Waals surface area contributed by atoms with Gasteiger partial charge in [0, 0.05) is 18.6 Å². The number of ether oxygens (including phenoxy) is 1. The predicted octanol–water partition coefficient (Wildman–Crippen LogP) is 2.40. The number of nitrogens with zero attached hydrogens (tertiary/aromatic N) is 1. The van der Waals surface area contributed by atoms with Crippen molar-refractivity contribution >= 4 is 18.3 Å². The third-order valence-corrected chi connectivity index (χ3v) is 4.64. The third kappa shape index (κ3) is 3.73. The minimum Gasteiger partial charge on any atom is -0.484 e. The van der Waals surface area contributed by atoms with Gasteiger partial charge in [0.1, 0.15) is 5.75 Å². The Bertz CT molecular complexity index is 478. The number of benzene rings is 1. The van der Waals surface area contributed by atoms with Gasteiger partial charge in [-0.3, -0.25) is 4.79 Å². The first-order chi connectivity index (χ1) is 10.3. The van der Waals surface area contributed by atoms with Crippen molar-refractivity contribution in [2.45, 2.75) is 44.7 Å². The SMILES string of the molecule is CCc1ccc(OCC(=O)N2C3CCNCC2CC3)cc1.Cl. The van der Waals surface area contributed by atoms with Crippen LogP contribution < -0.4 is 10.1 Å². The van der Waals surface area contributed by atoms with E-state index in [1.165, 1.54) is 5.56 Å². The Morgan fingerprint density at radius 1 is 1.23 bits per heavy atom. The van der Waals surface area contributed by atoms with Crippen molar-refractivity contribution in [3.8, 4) is 5.75 Å². The van der Waals surface area contributed by atoms with Gasteiger partial charge in [-0.1, -0.05) is 19.1 Å². The molecule has 0 spiro atoms. The minimum absolute atomic E-state index is 0. The van der Waals surface area contributed by atoms with Crippen molar-refractivity contribution < 1.29 is 9.53 Å². The molecule has 4 nitrogen and oxygen atoms in total. The molecule has 2 saturated heterocycles. The van der Waals surface area contributed by atoms with Crippen molar-refractivity contribution in [3.05, 3.63) is 29.8 Å². The first-order valence-electron chi connectivity index (χ1n) is 8.01. The zero-order valence-electron chi connectivity index (χ0n) is 13.1. The lowest BCUT2D eigenvalue weighted by molar-refractivity contribution is -0.136. The molecule has 2 fully saturated rings. The number of fused-ring (bicyclic) bond motifs is 2. The molecule has 122 valence electrons. The molecule has 22 heavy (non-hydrogen) atoms. The van der Waals surface area contributed by atoms with Crippen molar-refractivity contribution in [1.82, 2.24) is 10.2 Å². The lowest BCUT2D eigenvalue weighted by Crippen LogP contribution is -2.44. The number of carbonyl (C=O) groups excluding carboxylic acids is 1. The molecule has 1 amide bonds. The third-order valence-electron chi connectivity index (χ3n) is 4.64. The van der Waals surface area contributed by atoms with Crippen LogP contribution in [-0.4, -0.2) is 42.6 Å². The van der Waals surface area contributed by atoms with Crippen molar-refractivity contribution in [1.29, 1.82) is 0 Å². The highest BCUT2D eigenvalue weighted by molar-refractivity contribution is 5.85. The van der Waals surface area contributed by atoms with E-state index in [0.717, 1.165) is 44.5 Å². The van der Waals surface area contributed by atoms with Gasteiger partial charge in [-0.05, 0) is 49.9 Å². The van der Waals surface area contributed by atoms with E-state index in [2.05, 4.69) is 29.3 Å². The van der Waals surface area contributed by atoms with Crippen LogP contribution >= 0.6 is 12.4 Å². The largest absolute Gasteiger partial charge is 0.484 e. The summed E-state index contributed by atoms with van der Waals surface area (Å²) >= 11 is 0. The summed E-state index contributed by atoms with van der Waals surface area (Å²) in [5, 5.41) is 3.42. The molecule has 0 aliphatic carbocycles. The standard InChI is InChI=1S/C17H24N2O2.ClH/c1-2-13-3-7-16(8-4-13)21-12-17(20)19-14-5-6-15(19)11-18-10-9-14;/h3-4,7-8,14-15,18H,2,5-6,9-12H2,1H3;1H. The normalized spacial score (nSPS) is 23.6. The zero-order chi connectivity index (χ0) is 14.7. The highest BCUT2D eigenvalue weighted by atomic mass is 35.5. The molecular weight excluding hydrogens is 300 g/mol. The van der Waals surface area contributed by atoms with Crippen LogP contribution in [0.15, 0.2) is 24.3 Å². The van der Waals surface area contributed by atoms with Crippen molar-refractivity contribution in [3.63, 3.8) is 0 Å². The maximum absolute atomic E-state index is 12.5. The van der Waals surface area contributed by atoms with Crippen molar-refractivity contribution in [2.24, 2.45) is 0 Å². The number of aryl methyl sites for hydroxylation is 1. The highest BCUT2D eigenvalue weighted by Gasteiger charge is 2.37. The van der Waals surface area contributed by atoms with E-state index >= 15 is 0 Å². The molecule has 0 radical (unpaired) electrons. The molecule has 5 heteroatoms. The Morgan fingerprint density at radius 3 is 2.68 bits per heavy atom. The van der Waals surface area contributed by atoms with Crippen LogP contribution in [0.5, 0.6) is 5.75 Å².